The number of quaternary nitrogens is 1. The molecule has 9 nitrogen and oxygen atoms in total. The maximum atomic E-state index is 12.9. The lowest BCUT2D eigenvalue weighted by Gasteiger charge is -2.28. The smallest absolute Gasteiger partial charge is 0.306 e. The van der Waals surface area contributed by atoms with E-state index >= 15 is 0 Å². The van der Waals surface area contributed by atoms with Gasteiger partial charge in [-0.1, -0.05) is 411 Å². The summed E-state index contributed by atoms with van der Waals surface area (Å²) in [4.78, 5) is 38.3. The van der Waals surface area contributed by atoms with Crippen LogP contribution in [0.5, 0.6) is 0 Å². The Kier molecular flexibility index (Phi) is 80.6. The molecular weight excluding hydrogens is 1300 g/mol. The molecule has 0 bridgehead atoms. The van der Waals surface area contributed by atoms with Crippen LogP contribution >= 0.6 is 7.82 Å². The monoisotopic (exact) mass is 1470 g/mol. The van der Waals surface area contributed by atoms with Crippen molar-refractivity contribution in [1.82, 2.24) is 0 Å². The molecule has 104 heavy (non-hydrogen) atoms. The van der Waals surface area contributed by atoms with Gasteiger partial charge in [0.2, 0.25) is 0 Å². The number of carbonyl (C=O) groups is 2. The maximum absolute atomic E-state index is 12.9. The van der Waals surface area contributed by atoms with Gasteiger partial charge in [-0.2, -0.15) is 0 Å². The molecule has 0 fully saturated rings. The summed E-state index contributed by atoms with van der Waals surface area (Å²) in [6.07, 6.45) is 121. The predicted octanol–water partition coefficient (Wildman–Crippen LogP) is 29.4. The number of esters is 2. The van der Waals surface area contributed by atoms with E-state index in [2.05, 4.69) is 135 Å². The van der Waals surface area contributed by atoms with Crippen LogP contribution < -0.4 is 4.89 Å². The number of phosphoric acid groups is 1. The lowest BCUT2D eigenvalue weighted by atomic mass is 10.0. The van der Waals surface area contributed by atoms with Gasteiger partial charge in [0.15, 0.2) is 6.10 Å². The van der Waals surface area contributed by atoms with Gasteiger partial charge < -0.3 is 27.9 Å². The molecule has 0 aliphatic heterocycles. The van der Waals surface area contributed by atoms with Gasteiger partial charge in [0.25, 0.3) is 7.82 Å². The fourth-order valence-corrected chi connectivity index (χ4v) is 13.5. The van der Waals surface area contributed by atoms with Crippen LogP contribution in [0.15, 0.2) is 122 Å². The van der Waals surface area contributed by atoms with Crippen molar-refractivity contribution < 1.29 is 42.1 Å². The van der Waals surface area contributed by atoms with Gasteiger partial charge in [-0.3, -0.25) is 14.2 Å². The molecule has 10 heteroatoms. The van der Waals surface area contributed by atoms with Crippen molar-refractivity contribution in [2.24, 2.45) is 0 Å². The molecular formula is C94H168NO8P. The van der Waals surface area contributed by atoms with Crippen LogP contribution in [0, 0.1) is 0 Å². The van der Waals surface area contributed by atoms with E-state index in [-0.39, 0.29) is 32.0 Å². The Balaban J connectivity index is 3.89. The molecule has 0 aliphatic carbocycles. The minimum atomic E-state index is -4.65. The molecule has 0 heterocycles. The van der Waals surface area contributed by atoms with Crippen LogP contribution in [0.1, 0.15) is 412 Å². The number of hydrogen-bond acceptors (Lipinski definition) is 8. The normalized spacial score (nSPS) is 13.6. The van der Waals surface area contributed by atoms with E-state index in [0.717, 1.165) is 96.3 Å². The fraction of sp³-hybridized carbons (Fsp3) is 0.766. The SMILES string of the molecule is CC/C=C\C/C=C\C/C=C\C/C=C\C/C=C\C/C=C\C/C=C\CCCCCCCCCCCCCCCCCCCCCC(=O)OC(COC(=O)CCCCCCCCCCCCCCCCCCCCCCCCCC/C=C\C/C=C\C/C=C\CCCCCCC)COP(=O)([O-])OCC[N+](C)(C)C. The fourth-order valence-electron chi connectivity index (χ4n) is 12.8. The highest BCUT2D eigenvalue weighted by Gasteiger charge is 2.22. The van der Waals surface area contributed by atoms with Crippen molar-refractivity contribution in [3.05, 3.63) is 122 Å². The third kappa shape index (κ3) is 87.3. The standard InChI is InChI=1S/C94H168NO8P/c1-6-8-10-12-14-16-18-20-22-24-26-28-30-32-34-36-38-40-42-44-46-47-49-51-53-55-57-59-61-63-65-67-69-71-73-75-77-79-81-83-85-87-94(97)103-92(91-102-104(98,99)101-89-88-95(3,4)5)90-100-93(96)86-84-82-80-78-76-74-72-70-68-66-64-62-60-58-56-54-52-50-48-45-43-41-39-37-35-33-31-29-27-25-23-21-19-17-15-13-11-9-7-2/h8,10,14,16,19-22,25-28,31-34,38,40,44,46,92H,6-7,9,11-13,15,17-18,23-24,29-30,35-37,39,41-43,45,47-91H2,1-5H3/b10-8-,16-14-,21-19-,22-20-,27-25-,28-26-,33-31-,34-32-,40-38-,46-44-. The minimum absolute atomic E-state index is 0.0312. The maximum Gasteiger partial charge on any atom is 0.306 e. The predicted molar refractivity (Wildman–Crippen MR) is 452 cm³/mol. The molecule has 0 N–H and O–H groups in total. The van der Waals surface area contributed by atoms with E-state index in [1.807, 2.05) is 21.1 Å². The summed E-state index contributed by atoms with van der Waals surface area (Å²) < 4.78 is 34.5. The Morgan fingerprint density at radius 2 is 0.548 bits per heavy atom. The summed E-state index contributed by atoms with van der Waals surface area (Å²) in [6.45, 7) is 4.17. The molecule has 0 rings (SSSR count). The average Bonchev–Trinajstić information content (AvgIpc) is 0.920. The van der Waals surface area contributed by atoms with E-state index in [0.29, 0.717) is 17.4 Å². The molecule has 0 amide bonds. The van der Waals surface area contributed by atoms with Gasteiger partial charge in [0, 0.05) is 12.8 Å². The molecule has 0 aromatic carbocycles. The summed E-state index contributed by atoms with van der Waals surface area (Å²) in [5.74, 6) is -0.815. The van der Waals surface area contributed by atoms with Gasteiger partial charge in [-0.05, 0) is 109 Å². The molecule has 602 valence electrons. The van der Waals surface area contributed by atoms with Crippen LogP contribution in [-0.2, 0) is 32.7 Å². The summed E-state index contributed by atoms with van der Waals surface area (Å²) in [5, 5.41) is 0. The van der Waals surface area contributed by atoms with E-state index in [4.69, 9.17) is 18.5 Å². The highest BCUT2D eigenvalue weighted by Crippen LogP contribution is 2.38. The highest BCUT2D eigenvalue weighted by molar-refractivity contribution is 7.45. The molecule has 0 spiro atoms. The number of rotatable bonds is 82. The first kappa shape index (κ1) is 100. The number of carbonyl (C=O) groups excluding carboxylic acids is 2. The Labute approximate surface area is 645 Å². The van der Waals surface area contributed by atoms with Crippen LogP contribution in [-0.4, -0.2) is 70.0 Å². The molecule has 0 saturated heterocycles. The van der Waals surface area contributed by atoms with Crippen molar-refractivity contribution in [3.8, 4) is 0 Å². The lowest BCUT2D eigenvalue weighted by Crippen LogP contribution is -2.37. The second-order valence-corrected chi connectivity index (χ2v) is 32.3. The van der Waals surface area contributed by atoms with Crippen molar-refractivity contribution in [1.29, 1.82) is 0 Å². The molecule has 0 saturated carbocycles. The summed E-state index contributed by atoms with van der Waals surface area (Å²) in [5.41, 5.74) is 0. The van der Waals surface area contributed by atoms with Crippen molar-refractivity contribution in [3.63, 3.8) is 0 Å². The van der Waals surface area contributed by atoms with Gasteiger partial charge in [0.05, 0.1) is 27.7 Å². The van der Waals surface area contributed by atoms with Crippen LogP contribution in [0.3, 0.4) is 0 Å². The van der Waals surface area contributed by atoms with E-state index < -0.39 is 26.5 Å². The third-order valence-corrected chi connectivity index (χ3v) is 20.4. The number of likely N-dealkylation sites (N-methyl/N-ethyl adjacent to an activating group) is 1. The van der Waals surface area contributed by atoms with E-state index in [1.165, 1.54) is 283 Å². The topological polar surface area (TPSA) is 111 Å². The van der Waals surface area contributed by atoms with Gasteiger partial charge >= 0.3 is 11.9 Å². The second kappa shape index (κ2) is 83.4. The second-order valence-electron chi connectivity index (χ2n) is 30.9. The number of nitrogens with zero attached hydrogens (tertiary/aromatic N) is 1. The van der Waals surface area contributed by atoms with Crippen molar-refractivity contribution in [2.75, 3.05) is 47.5 Å². The molecule has 0 radical (unpaired) electrons. The summed E-state index contributed by atoms with van der Waals surface area (Å²) in [7, 11) is 1.18. The van der Waals surface area contributed by atoms with Crippen LogP contribution in [0.4, 0.5) is 0 Å². The third-order valence-electron chi connectivity index (χ3n) is 19.5. The van der Waals surface area contributed by atoms with Gasteiger partial charge in [-0.25, -0.2) is 0 Å². The number of unbranched alkanes of at least 4 members (excludes halogenated alkanes) is 48. The number of ether oxygens (including phenoxy) is 2. The van der Waals surface area contributed by atoms with Gasteiger partial charge in [0.1, 0.15) is 19.8 Å². The Hall–Kier alpha value is -3.59. The summed E-state index contributed by atoms with van der Waals surface area (Å²) >= 11 is 0. The zero-order chi connectivity index (χ0) is 75.4. The largest absolute Gasteiger partial charge is 0.756 e. The number of allylic oxidation sites excluding steroid dienone is 20. The van der Waals surface area contributed by atoms with E-state index in [1.54, 1.807) is 0 Å². The average molecular weight is 1470 g/mol. The minimum Gasteiger partial charge on any atom is -0.756 e. The van der Waals surface area contributed by atoms with Gasteiger partial charge in [-0.15, -0.1) is 0 Å². The molecule has 2 unspecified atom stereocenters. The number of hydrogen-bond donors (Lipinski definition) is 0. The zero-order valence-electron chi connectivity index (χ0n) is 69.0. The number of phosphoric ester groups is 1. The zero-order valence-corrected chi connectivity index (χ0v) is 69.8. The van der Waals surface area contributed by atoms with E-state index in [9.17, 15) is 19.0 Å². The first-order chi connectivity index (χ1) is 51.0. The lowest BCUT2D eigenvalue weighted by molar-refractivity contribution is -0.870. The first-order valence-corrected chi connectivity index (χ1v) is 45.7. The molecule has 0 aliphatic rings. The Bertz CT molecular complexity index is 2180. The van der Waals surface area contributed by atoms with Crippen LogP contribution in [0.25, 0.3) is 0 Å². The van der Waals surface area contributed by atoms with Crippen LogP contribution in [0.2, 0.25) is 0 Å². The van der Waals surface area contributed by atoms with Crippen molar-refractivity contribution >= 4 is 19.8 Å². The molecule has 2 atom stereocenters. The van der Waals surface area contributed by atoms with Crippen molar-refractivity contribution in [2.45, 2.75) is 418 Å². The first-order valence-electron chi connectivity index (χ1n) is 44.2. The quantitative estimate of drug-likeness (QED) is 0.0195. The highest BCUT2D eigenvalue weighted by atomic mass is 31.2. The Morgan fingerprint density at radius 3 is 0.817 bits per heavy atom. The molecule has 0 aromatic heterocycles. The summed E-state index contributed by atoms with van der Waals surface area (Å²) in [6, 6.07) is 0. The molecule has 0 aromatic rings. The Morgan fingerprint density at radius 1 is 0.308 bits per heavy atom.